The van der Waals surface area contributed by atoms with Crippen molar-refractivity contribution < 1.29 is 23.7 Å². The van der Waals surface area contributed by atoms with Crippen LogP contribution in [0.25, 0.3) is 17.4 Å². The van der Waals surface area contributed by atoms with E-state index in [1.165, 1.54) is 18.2 Å². The summed E-state index contributed by atoms with van der Waals surface area (Å²) in [5.74, 6) is 0.245. The summed E-state index contributed by atoms with van der Waals surface area (Å²) in [4.78, 5) is 39.2. The number of nitrogens with one attached hydrogen (secondary N) is 1. The standard InChI is InChI=1S/C27H26N4O6S/c1-2-36-26(33)20-8-11-22(23(18-20)31(34)35)29-14-16-30(17-15-29)27(38)28-25(32)13-10-21-9-12-24(37-21)19-6-4-3-5-7-19/h3-13,18H,2,14-17H2,1H3,(H,28,32,38)/b13-10+. The Kier molecular flexibility index (Phi) is 8.49. The molecule has 1 aliphatic heterocycles. The third-order valence-corrected chi connectivity index (χ3v) is 6.27. The highest BCUT2D eigenvalue weighted by molar-refractivity contribution is 7.80. The minimum atomic E-state index is -0.606. The van der Waals surface area contributed by atoms with E-state index in [9.17, 15) is 19.7 Å². The van der Waals surface area contributed by atoms with Crippen LogP contribution < -0.4 is 10.2 Å². The van der Waals surface area contributed by atoms with Gasteiger partial charge in [0.2, 0.25) is 5.91 Å². The van der Waals surface area contributed by atoms with Crippen molar-refractivity contribution in [2.45, 2.75) is 6.92 Å². The summed E-state index contributed by atoms with van der Waals surface area (Å²) in [6.45, 7) is 3.65. The van der Waals surface area contributed by atoms with Crippen molar-refractivity contribution in [3.05, 3.63) is 88.2 Å². The normalized spacial score (nSPS) is 13.4. The maximum Gasteiger partial charge on any atom is 0.338 e. The number of nitrogens with zero attached hydrogens (tertiary/aromatic N) is 3. The lowest BCUT2D eigenvalue weighted by atomic mass is 10.1. The van der Waals surface area contributed by atoms with Gasteiger partial charge < -0.3 is 19.0 Å². The second-order valence-electron chi connectivity index (χ2n) is 8.35. The zero-order valence-corrected chi connectivity index (χ0v) is 21.5. The molecule has 0 atom stereocenters. The van der Waals surface area contributed by atoms with Gasteiger partial charge in [-0.15, -0.1) is 0 Å². The number of hydrogen-bond acceptors (Lipinski definition) is 8. The molecule has 11 heteroatoms. The lowest BCUT2D eigenvalue weighted by Crippen LogP contribution is -2.52. The summed E-state index contributed by atoms with van der Waals surface area (Å²) in [7, 11) is 0. The highest BCUT2D eigenvalue weighted by Gasteiger charge is 2.26. The molecule has 3 aromatic rings. The van der Waals surface area contributed by atoms with Gasteiger partial charge in [-0.1, -0.05) is 30.3 Å². The highest BCUT2D eigenvalue weighted by atomic mass is 32.1. The molecule has 0 bridgehead atoms. The SMILES string of the molecule is CCOC(=O)c1ccc(N2CCN(C(=S)NC(=O)/C=C/c3ccc(-c4ccccc4)o3)CC2)c([N+](=O)[O-])c1. The number of anilines is 1. The largest absolute Gasteiger partial charge is 0.462 e. The summed E-state index contributed by atoms with van der Waals surface area (Å²) in [5, 5.41) is 14.6. The minimum Gasteiger partial charge on any atom is -0.462 e. The molecule has 2 heterocycles. The molecule has 196 valence electrons. The summed E-state index contributed by atoms with van der Waals surface area (Å²) in [5.41, 5.74) is 1.31. The monoisotopic (exact) mass is 534 g/mol. The van der Waals surface area contributed by atoms with Crippen LogP contribution in [0.1, 0.15) is 23.0 Å². The maximum absolute atomic E-state index is 12.4. The molecular formula is C27H26N4O6S. The molecule has 2 aromatic carbocycles. The molecule has 1 fully saturated rings. The van der Waals surface area contributed by atoms with Crippen LogP contribution in [0.15, 0.2) is 71.2 Å². The van der Waals surface area contributed by atoms with E-state index in [1.54, 1.807) is 25.1 Å². The number of hydrogen-bond donors (Lipinski definition) is 1. The molecule has 10 nitrogen and oxygen atoms in total. The Bertz CT molecular complexity index is 1360. The summed E-state index contributed by atoms with van der Waals surface area (Å²) < 4.78 is 10.7. The van der Waals surface area contributed by atoms with Crippen LogP contribution in [0, 0.1) is 10.1 Å². The van der Waals surface area contributed by atoms with Crippen LogP contribution in [-0.2, 0) is 9.53 Å². The van der Waals surface area contributed by atoms with Crippen LogP contribution in [0.3, 0.4) is 0 Å². The molecule has 1 amide bonds. The number of amides is 1. The van der Waals surface area contributed by atoms with Gasteiger partial charge in [0.25, 0.3) is 5.69 Å². The zero-order chi connectivity index (χ0) is 27.1. The first-order valence-electron chi connectivity index (χ1n) is 12.0. The number of rotatable bonds is 7. The fourth-order valence-corrected chi connectivity index (χ4v) is 4.30. The zero-order valence-electron chi connectivity index (χ0n) is 20.7. The molecule has 38 heavy (non-hydrogen) atoms. The Balaban J connectivity index is 1.31. The predicted octanol–water partition coefficient (Wildman–Crippen LogP) is 4.27. The third-order valence-electron chi connectivity index (χ3n) is 5.91. The van der Waals surface area contributed by atoms with Gasteiger partial charge in [-0.05, 0) is 49.5 Å². The number of carbonyl (C=O) groups is 2. The van der Waals surface area contributed by atoms with Gasteiger partial charge in [0.05, 0.1) is 17.1 Å². The van der Waals surface area contributed by atoms with Gasteiger partial charge in [-0.25, -0.2) is 4.79 Å². The van der Waals surface area contributed by atoms with E-state index in [0.29, 0.717) is 43.4 Å². The van der Waals surface area contributed by atoms with E-state index < -0.39 is 10.9 Å². The van der Waals surface area contributed by atoms with Gasteiger partial charge in [0.1, 0.15) is 17.2 Å². The van der Waals surface area contributed by atoms with Crippen molar-refractivity contribution in [3.8, 4) is 11.3 Å². The first-order chi connectivity index (χ1) is 18.4. The molecule has 0 spiro atoms. The highest BCUT2D eigenvalue weighted by Crippen LogP contribution is 2.30. The predicted molar refractivity (Wildman–Crippen MR) is 147 cm³/mol. The Morgan fingerprint density at radius 2 is 1.84 bits per heavy atom. The Morgan fingerprint density at radius 1 is 1.11 bits per heavy atom. The van der Waals surface area contributed by atoms with Crippen molar-refractivity contribution in [1.82, 2.24) is 10.2 Å². The minimum absolute atomic E-state index is 0.128. The van der Waals surface area contributed by atoms with Crippen LogP contribution in [0.2, 0.25) is 0 Å². The van der Waals surface area contributed by atoms with Crippen LogP contribution in [0.4, 0.5) is 11.4 Å². The van der Waals surface area contributed by atoms with Crippen LogP contribution in [-0.4, -0.2) is 59.6 Å². The van der Waals surface area contributed by atoms with Crippen LogP contribution >= 0.6 is 12.2 Å². The van der Waals surface area contributed by atoms with Crippen molar-refractivity contribution in [2.75, 3.05) is 37.7 Å². The summed E-state index contributed by atoms with van der Waals surface area (Å²) >= 11 is 5.40. The van der Waals surface area contributed by atoms with Crippen LogP contribution in [0.5, 0.6) is 0 Å². The van der Waals surface area contributed by atoms with Crippen molar-refractivity contribution >= 4 is 46.7 Å². The fraction of sp³-hybridized carbons (Fsp3) is 0.222. The summed E-state index contributed by atoms with van der Waals surface area (Å²) in [6.07, 6.45) is 2.92. The van der Waals surface area contributed by atoms with E-state index in [0.717, 1.165) is 5.56 Å². The van der Waals surface area contributed by atoms with E-state index in [2.05, 4.69) is 5.32 Å². The quantitative estimate of drug-likeness (QED) is 0.156. The number of esters is 1. The second kappa shape index (κ2) is 12.2. The number of ether oxygens (including phenoxy) is 1. The summed E-state index contributed by atoms with van der Waals surface area (Å²) in [6, 6.07) is 17.6. The van der Waals surface area contributed by atoms with Crippen molar-refractivity contribution in [2.24, 2.45) is 0 Å². The molecule has 4 rings (SSSR count). The third kappa shape index (κ3) is 6.43. The number of thiocarbonyl (C=S) groups is 1. The fourth-order valence-electron chi connectivity index (χ4n) is 4.01. The number of benzene rings is 2. The van der Waals surface area contributed by atoms with E-state index >= 15 is 0 Å². The lowest BCUT2D eigenvalue weighted by molar-refractivity contribution is -0.384. The lowest BCUT2D eigenvalue weighted by Gasteiger charge is -2.36. The number of piperazine rings is 1. The average molecular weight is 535 g/mol. The molecule has 0 saturated carbocycles. The van der Waals surface area contributed by atoms with Gasteiger partial charge in [-0.3, -0.25) is 20.2 Å². The molecular weight excluding hydrogens is 508 g/mol. The first-order valence-corrected chi connectivity index (χ1v) is 12.4. The number of furan rings is 1. The molecule has 1 aliphatic rings. The van der Waals surface area contributed by atoms with E-state index in [-0.39, 0.29) is 28.9 Å². The smallest absolute Gasteiger partial charge is 0.338 e. The van der Waals surface area contributed by atoms with Gasteiger partial charge in [-0.2, -0.15) is 0 Å². The van der Waals surface area contributed by atoms with E-state index in [1.807, 2.05) is 46.2 Å². The Morgan fingerprint density at radius 3 is 2.53 bits per heavy atom. The van der Waals surface area contributed by atoms with Gasteiger partial charge >= 0.3 is 5.97 Å². The number of nitro benzene ring substituents is 1. The number of carbonyl (C=O) groups excluding carboxylic acids is 2. The number of nitro groups is 1. The molecule has 0 aliphatic carbocycles. The van der Waals surface area contributed by atoms with Crippen molar-refractivity contribution in [1.29, 1.82) is 0 Å². The van der Waals surface area contributed by atoms with Crippen molar-refractivity contribution in [3.63, 3.8) is 0 Å². The molecule has 1 N–H and O–H groups in total. The molecule has 0 radical (unpaired) electrons. The topological polar surface area (TPSA) is 118 Å². The maximum atomic E-state index is 12.4. The molecule has 1 aromatic heterocycles. The Hall–Kier alpha value is -4.51. The van der Waals surface area contributed by atoms with Gasteiger partial charge in [0, 0.05) is 43.9 Å². The first kappa shape index (κ1) is 26.6. The molecule has 1 saturated heterocycles. The van der Waals surface area contributed by atoms with E-state index in [4.69, 9.17) is 21.4 Å². The van der Waals surface area contributed by atoms with Gasteiger partial charge in [0.15, 0.2) is 5.11 Å². The average Bonchev–Trinajstić information content (AvgIpc) is 3.41. The Labute approximate surface area is 224 Å². The second-order valence-corrected chi connectivity index (χ2v) is 8.74. The molecule has 0 unspecified atom stereocenters.